The Bertz CT molecular complexity index is 1120. The molecule has 2 unspecified atom stereocenters. The highest BCUT2D eigenvalue weighted by molar-refractivity contribution is 5.94. The molecule has 1 heterocycles. The van der Waals surface area contributed by atoms with Crippen LogP contribution < -0.4 is 10.8 Å². The van der Waals surface area contributed by atoms with E-state index in [9.17, 15) is 24.0 Å². The van der Waals surface area contributed by atoms with Gasteiger partial charge in [0.2, 0.25) is 17.7 Å². The first-order valence-corrected chi connectivity index (χ1v) is 13.7. The number of aryl methyl sites for hydroxylation is 1. The predicted octanol–water partition coefficient (Wildman–Crippen LogP) is 4.62. The van der Waals surface area contributed by atoms with Crippen LogP contribution in [0.3, 0.4) is 0 Å². The van der Waals surface area contributed by atoms with Gasteiger partial charge in [0.1, 0.15) is 11.9 Å². The lowest BCUT2D eigenvalue weighted by Crippen LogP contribution is -2.53. The van der Waals surface area contributed by atoms with Gasteiger partial charge in [-0.05, 0) is 73.3 Å². The van der Waals surface area contributed by atoms with Gasteiger partial charge in [0.25, 0.3) is 0 Å². The second-order valence-electron chi connectivity index (χ2n) is 10.8. The van der Waals surface area contributed by atoms with Gasteiger partial charge in [0.15, 0.2) is 0 Å². The smallest absolute Gasteiger partial charge is 0.244 e. The third kappa shape index (κ3) is 6.23. The quantitative estimate of drug-likeness (QED) is 0.313. The number of likely N-dealkylation sites (N-methyl/N-ethyl adjacent to an activating group) is 1. The summed E-state index contributed by atoms with van der Waals surface area (Å²) in [5, 5.41) is 12.0. The SMILES string of the molecule is CNC(=O)C(C1CCCCC1)N1CCC(CCCc2ccc(-c3ccc(F)cc3)cc2)(CC(=O)NO)C1=O. The molecule has 2 aromatic rings. The minimum absolute atomic E-state index is 0.104. The van der Waals surface area contributed by atoms with Crippen LogP contribution in [0.15, 0.2) is 48.5 Å². The van der Waals surface area contributed by atoms with Crippen molar-refractivity contribution in [3.8, 4) is 11.1 Å². The number of carbonyl (C=O) groups excluding carboxylic acids is 3. The second kappa shape index (κ2) is 12.5. The zero-order chi connectivity index (χ0) is 27.1. The largest absolute Gasteiger partial charge is 0.357 e. The first-order chi connectivity index (χ1) is 18.4. The molecule has 204 valence electrons. The zero-order valence-corrected chi connectivity index (χ0v) is 22.0. The van der Waals surface area contributed by atoms with Crippen LogP contribution in [-0.4, -0.2) is 47.5 Å². The summed E-state index contributed by atoms with van der Waals surface area (Å²) < 4.78 is 13.2. The van der Waals surface area contributed by atoms with Gasteiger partial charge in [-0.25, -0.2) is 9.87 Å². The van der Waals surface area contributed by atoms with E-state index in [1.807, 2.05) is 24.3 Å². The van der Waals surface area contributed by atoms with Crippen molar-refractivity contribution in [3.63, 3.8) is 0 Å². The van der Waals surface area contributed by atoms with Gasteiger partial charge >= 0.3 is 0 Å². The van der Waals surface area contributed by atoms with E-state index < -0.39 is 17.4 Å². The summed E-state index contributed by atoms with van der Waals surface area (Å²) in [6.07, 6.45) is 7.35. The average Bonchev–Trinajstić information content (AvgIpc) is 3.25. The number of amides is 3. The Labute approximate surface area is 223 Å². The standard InChI is InChI=1S/C30H38FN3O4/c1-32-28(36)27(24-7-3-2-4-8-24)34-19-18-30(29(34)37,20-26(35)33-38)17-5-6-21-9-11-22(12-10-21)23-13-15-25(31)16-14-23/h9-16,24,27,38H,2-8,17-20H2,1H3,(H,32,36)(H,33,35). The number of rotatable bonds is 10. The summed E-state index contributed by atoms with van der Waals surface area (Å²) in [6.45, 7) is 0.429. The van der Waals surface area contributed by atoms with Crippen molar-refractivity contribution in [1.29, 1.82) is 0 Å². The molecular formula is C30H38FN3O4. The van der Waals surface area contributed by atoms with E-state index in [0.717, 1.165) is 55.2 Å². The molecule has 0 aromatic heterocycles. The molecule has 8 heteroatoms. The number of carbonyl (C=O) groups is 3. The van der Waals surface area contributed by atoms with Gasteiger partial charge in [0, 0.05) is 20.0 Å². The van der Waals surface area contributed by atoms with E-state index in [0.29, 0.717) is 25.8 Å². The lowest BCUT2D eigenvalue weighted by Gasteiger charge is -2.36. The number of hydrogen-bond acceptors (Lipinski definition) is 4. The molecule has 1 saturated heterocycles. The molecule has 4 rings (SSSR count). The molecule has 2 fully saturated rings. The Morgan fingerprint density at radius 3 is 2.29 bits per heavy atom. The van der Waals surface area contributed by atoms with Gasteiger partial charge in [-0.15, -0.1) is 0 Å². The number of benzene rings is 2. The first kappa shape index (κ1) is 27.8. The molecule has 1 aliphatic heterocycles. The van der Waals surface area contributed by atoms with Crippen molar-refractivity contribution in [2.24, 2.45) is 11.3 Å². The summed E-state index contributed by atoms with van der Waals surface area (Å²) in [7, 11) is 1.60. The van der Waals surface area contributed by atoms with Crippen molar-refractivity contribution in [2.45, 2.75) is 70.3 Å². The highest BCUT2D eigenvalue weighted by Gasteiger charge is 2.51. The van der Waals surface area contributed by atoms with Crippen LogP contribution >= 0.6 is 0 Å². The van der Waals surface area contributed by atoms with Gasteiger partial charge in [-0.3, -0.25) is 19.6 Å². The fourth-order valence-electron chi connectivity index (χ4n) is 6.29. The molecule has 2 aliphatic rings. The summed E-state index contributed by atoms with van der Waals surface area (Å²) in [5.74, 6) is -1.04. The lowest BCUT2D eigenvalue weighted by molar-refractivity contribution is -0.148. The minimum atomic E-state index is -0.943. The lowest BCUT2D eigenvalue weighted by atomic mass is 9.77. The normalized spacial score (nSPS) is 20.8. The number of nitrogens with zero attached hydrogens (tertiary/aromatic N) is 1. The van der Waals surface area contributed by atoms with E-state index in [1.54, 1.807) is 29.6 Å². The van der Waals surface area contributed by atoms with Crippen molar-refractivity contribution in [2.75, 3.05) is 13.6 Å². The zero-order valence-electron chi connectivity index (χ0n) is 22.0. The minimum Gasteiger partial charge on any atom is -0.357 e. The maximum absolute atomic E-state index is 13.9. The number of hydroxylamine groups is 1. The average molecular weight is 524 g/mol. The van der Waals surface area contributed by atoms with E-state index in [4.69, 9.17) is 0 Å². The summed E-state index contributed by atoms with van der Waals surface area (Å²) in [4.78, 5) is 40.8. The third-order valence-electron chi connectivity index (χ3n) is 8.37. The molecule has 0 radical (unpaired) electrons. The molecule has 2 atom stereocenters. The summed E-state index contributed by atoms with van der Waals surface area (Å²) in [5.41, 5.74) is 3.79. The second-order valence-corrected chi connectivity index (χ2v) is 10.8. The highest BCUT2D eigenvalue weighted by atomic mass is 19.1. The van der Waals surface area contributed by atoms with E-state index >= 15 is 0 Å². The molecule has 7 nitrogen and oxygen atoms in total. The molecule has 3 N–H and O–H groups in total. The van der Waals surface area contributed by atoms with Crippen LogP contribution in [0.2, 0.25) is 0 Å². The van der Waals surface area contributed by atoms with Crippen LogP contribution in [-0.2, 0) is 20.8 Å². The fraction of sp³-hybridized carbons (Fsp3) is 0.500. The van der Waals surface area contributed by atoms with Crippen molar-refractivity contribution >= 4 is 17.7 Å². The number of hydrogen-bond donors (Lipinski definition) is 3. The van der Waals surface area contributed by atoms with Crippen LogP contribution in [0.5, 0.6) is 0 Å². The van der Waals surface area contributed by atoms with Crippen molar-refractivity contribution in [3.05, 3.63) is 59.9 Å². The Hall–Kier alpha value is -3.26. The van der Waals surface area contributed by atoms with Crippen LogP contribution in [0, 0.1) is 17.2 Å². The summed E-state index contributed by atoms with van der Waals surface area (Å²) >= 11 is 0. The predicted molar refractivity (Wildman–Crippen MR) is 143 cm³/mol. The molecule has 1 aliphatic carbocycles. The maximum atomic E-state index is 13.9. The molecule has 3 amide bonds. The van der Waals surface area contributed by atoms with Crippen LogP contribution in [0.1, 0.15) is 63.4 Å². The maximum Gasteiger partial charge on any atom is 0.244 e. The molecule has 38 heavy (non-hydrogen) atoms. The van der Waals surface area contributed by atoms with Crippen molar-refractivity contribution in [1.82, 2.24) is 15.7 Å². The molecule has 2 aromatic carbocycles. The number of nitrogens with one attached hydrogen (secondary N) is 2. The third-order valence-corrected chi connectivity index (χ3v) is 8.37. The molecule has 0 spiro atoms. The topological polar surface area (TPSA) is 98.7 Å². The monoisotopic (exact) mass is 523 g/mol. The molecular weight excluding hydrogens is 485 g/mol. The Morgan fingerprint density at radius 2 is 1.68 bits per heavy atom. The number of likely N-dealkylation sites (tertiary alicyclic amines) is 1. The van der Waals surface area contributed by atoms with E-state index in [-0.39, 0.29) is 30.0 Å². The Morgan fingerprint density at radius 1 is 1.05 bits per heavy atom. The number of halogens is 1. The fourth-order valence-corrected chi connectivity index (χ4v) is 6.29. The van der Waals surface area contributed by atoms with Crippen LogP contribution in [0.4, 0.5) is 4.39 Å². The van der Waals surface area contributed by atoms with Gasteiger partial charge < -0.3 is 10.2 Å². The molecule has 0 bridgehead atoms. The van der Waals surface area contributed by atoms with Gasteiger partial charge in [0.05, 0.1) is 5.41 Å². The van der Waals surface area contributed by atoms with E-state index in [1.165, 1.54) is 12.1 Å². The first-order valence-electron chi connectivity index (χ1n) is 13.7. The van der Waals surface area contributed by atoms with Gasteiger partial charge in [-0.1, -0.05) is 55.7 Å². The highest BCUT2D eigenvalue weighted by Crippen LogP contribution is 2.43. The summed E-state index contributed by atoms with van der Waals surface area (Å²) in [6, 6.07) is 13.9. The Kier molecular flexibility index (Phi) is 9.15. The Balaban J connectivity index is 1.46. The van der Waals surface area contributed by atoms with Crippen molar-refractivity contribution < 1.29 is 24.0 Å². The molecule has 1 saturated carbocycles. The van der Waals surface area contributed by atoms with Crippen LogP contribution in [0.25, 0.3) is 11.1 Å². The van der Waals surface area contributed by atoms with Gasteiger partial charge in [-0.2, -0.15) is 0 Å². The van der Waals surface area contributed by atoms with E-state index in [2.05, 4.69) is 5.32 Å².